The molecule has 74 valence electrons. The van der Waals surface area contributed by atoms with Gasteiger partial charge in [0.05, 0.1) is 0 Å². The molecule has 0 radical (unpaired) electrons. The van der Waals surface area contributed by atoms with Crippen LogP contribution in [0.4, 0.5) is 5.69 Å². The summed E-state index contributed by atoms with van der Waals surface area (Å²) in [7, 11) is 0. The summed E-state index contributed by atoms with van der Waals surface area (Å²) >= 11 is 0. The van der Waals surface area contributed by atoms with Crippen molar-refractivity contribution < 1.29 is 0 Å². The van der Waals surface area contributed by atoms with Gasteiger partial charge in [-0.3, -0.25) is 0 Å². The second-order valence-electron chi connectivity index (χ2n) is 3.87. The Kier molecular flexibility index (Phi) is 1.95. The van der Waals surface area contributed by atoms with Gasteiger partial charge in [-0.1, -0.05) is 42.5 Å². The monoisotopic (exact) mass is 195 g/mol. The molecule has 0 N–H and O–H groups in total. The predicted octanol–water partition coefficient (Wildman–Crippen LogP) is 3.56. The number of benzene rings is 2. The normalized spacial score (nSPS) is 15.1. The molecular weight excluding hydrogens is 182 g/mol. The molecule has 15 heavy (non-hydrogen) atoms. The van der Waals surface area contributed by atoms with Crippen LogP contribution in [-0.2, 0) is 0 Å². The highest BCUT2D eigenvalue weighted by Crippen LogP contribution is 2.28. The van der Waals surface area contributed by atoms with Gasteiger partial charge < -0.3 is 4.90 Å². The van der Waals surface area contributed by atoms with Gasteiger partial charge in [0.1, 0.15) is 0 Å². The zero-order valence-electron chi connectivity index (χ0n) is 8.56. The zero-order valence-corrected chi connectivity index (χ0v) is 8.56. The van der Waals surface area contributed by atoms with E-state index in [-0.39, 0.29) is 0 Å². The highest BCUT2D eigenvalue weighted by molar-refractivity contribution is 5.94. The molecule has 0 aliphatic carbocycles. The first kappa shape index (κ1) is 8.54. The molecule has 2 aromatic carbocycles. The largest absolute Gasteiger partial charge is 0.347 e. The number of nitrogens with zero attached hydrogens (tertiary/aromatic N) is 1. The zero-order chi connectivity index (χ0) is 10.1. The SMILES string of the molecule is C1=CN(c2cccc3ccccc23)CC1. The minimum atomic E-state index is 1.11. The maximum atomic E-state index is 2.32. The first-order valence-electron chi connectivity index (χ1n) is 5.36. The Labute approximate surface area is 89.6 Å². The average Bonchev–Trinajstić information content (AvgIpc) is 2.82. The summed E-state index contributed by atoms with van der Waals surface area (Å²) in [4.78, 5) is 2.32. The van der Waals surface area contributed by atoms with Gasteiger partial charge in [0.2, 0.25) is 0 Å². The van der Waals surface area contributed by atoms with Crippen molar-refractivity contribution in [1.82, 2.24) is 0 Å². The van der Waals surface area contributed by atoms with Gasteiger partial charge in [0.15, 0.2) is 0 Å². The van der Waals surface area contributed by atoms with Gasteiger partial charge >= 0.3 is 0 Å². The number of fused-ring (bicyclic) bond motifs is 1. The summed E-state index contributed by atoms with van der Waals surface area (Å²) in [6, 6.07) is 15.0. The third-order valence-electron chi connectivity index (χ3n) is 2.90. The molecule has 3 rings (SSSR count). The maximum Gasteiger partial charge on any atom is 0.0485 e. The lowest BCUT2D eigenvalue weighted by Gasteiger charge is -2.17. The van der Waals surface area contributed by atoms with Crippen LogP contribution in [-0.4, -0.2) is 6.54 Å². The molecule has 0 atom stereocenters. The molecule has 0 fully saturated rings. The molecule has 0 spiro atoms. The Bertz CT molecular complexity index is 508. The van der Waals surface area contributed by atoms with Gasteiger partial charge in [-0.05, 0) is 17.9 Å². The number of anilines is 1. The van der Waals surface area contributed by atoms with E-state index in [9.17, 15) is 0 Å². The van der Waals surface area contributed by atoms with Crippen molar-refractivity contribution in [1.29, 1.82) is 0 Å². The smallest absolute Gasteiger partial charge is 0.0485 e. The van der Waals surface area contributed by atoms with Crippen LogP contribution in [0.15, 0.2) is 54.7 Å². The molecular formula is C14H13N. The molecule has 0 amide bonds. The summed E-state index contributed by atoms with van der Waals surface area (Å²) in [5.41, 5.74) is 1.32. The number of hydrogen-bond donors (Lipinski definition) is 0. The third kappa shape index (κ3) is 1.40. The predicted molar refractivity (Wildman–Crippen MR) is 65.1 cm³/mol. The molecule has 0 bridgehead atoms. The Hall–Kier alpha value is -1.76. The fourth-order valence-electron chi connectivity index (χ4n) is 2.15. The van der Waals surface area contributed by atoms with Crippen molar-refractivity contribution in [2.24, 2.45) is 0 Å². The Morgan fingerprint density at radius 2 is 1.80 bits per heavy atom. The first-order valence-corrected chi connectivity index (χ1v) is 5.36. The van der Waals surface area contributed by atoms with Crippen LogP contribution in [0.1, 0.15) is 6.42 Å². The van der Waals surface area contributed by atoms with E-state index in [1.165, 1.54) is 16.5 Å². The van der Waals surface area contributed by atoms with Gasteiger partial charge in [-0.25, -0.2) is 0 Å². The fraction of sp³-hybridized carbons (Fsp3) is 0.143. The lowest BCUT2D eigenvalue weighted by Crippen LogP contribution is -2.12. The average molecular weight is 195 g/mol. The van der Waals surface area contributed by atoms with E-state index in [0.717, 1.165) is 13.0 Å². The summed E-state index contributed by atoms with van der Waals surface area (Å²) < 4.78 is 0. The minimum absolute atomic E-state index is 1.11. The quantitative estimate of drug-likeness (QED) is 0.672. The molecule has 1 nitrogen and oxygen atoms in total. The van der Waals surface area contributed by atoms with Crippen LogP contribution in [0, 0.1) is 0 Å². The van der Waals surface area contributed by atoms with Crippen LogP contribution in [0.2, 0.25) is 0 Å². The Morgan fingerprint density at radius 1 is 0.933 bits per heavy atom. The van der Waals surface area contributed by atoms with Crippen LogP contribution >= 0.6 is 0 Å². The van der Waals surface area contributed by atoms with Crippen LogP contribution in [0.5, 0.6) is 0 Å². The highest BCUT2D eigenvalue weighted by Gasteiger charge is 2.09. The van der Waals surface area contributed by atoms with E-state index in [4.69, 9.17) is 0 Å². The minimum Gasteiger partial charge on any atom is -0.347 e. The van der Waals surface area contributed by atoms with Crippen LogP contribution < -0.4 is 4.90 Å². The van der Waals surface area contributed by atoms with Crippen molar-refractivity contribution in [2.45, 2.75) is 6.42 Å². The molecule has 0 saturated carbocycles. The van der Waals surface area contributed by atoms with Gasteiger partial charge in [0, 0.05) is 23.8 Å². The topological polar surface area (TPSA) is 3.24 Å². The van der Waals surface area contributed by atoms with Crippen molar-refractivity contribution in [3.63, 3.8) is 0 Å². The molecule has 1 aliphatic heterocycles. The van der Waals surface area contributed by atoms with Gasteiger partial charge in [-0.2, -0.15) is 0 Å². The number of hydrogen-bond acceptors (Lipinski definition) is 1. The van der Waals surface area contributed by atoms with E-state index in [0.29, 0.717) is 0 Å². The highest BCUT2D eigenvalue weighted by atomic mass is 15.1. The summed E-state index contributed by atoms with van der Waals surface area (Å²) in [5, 5.41) is 2.65. The molecule has 1 heterocycles. The third-order valence-corrected chi connectivity index (χ3v) is 2.90. The van der Waals surface area contributed by atoms with E-state index < -0.39 is 0 Å². The molecule has 0 aromatic heterocycles. The van der Waals surface area contributed by atoms with Crippen LogP contribution in [0.3, 0.4) is 0 Å². The Balaban J connectivity index is 2.21. The lowest BCUT2D eigenvalue weighted by atomic mass is 10.1. The lowest BCUT2D eigenvalue weighted by molar-refractivity contribution is 1.00. The summed E-state index contributed by atoms with van der Waals surface area (Å²) in [5.74, 6) is 0. The van der Waals surface area contributed by atoms with Crippen molar-refractivity contribution >= 4 is 16.5 Å². The van der Waals surface area contributed by atoms with E-state index >= 15 is 0 Å². The van der Waals surface area contributed by atoms with Crippen molar-refractivity contribution in [3.05, 3.63) is 54.7 Å². The summed E-state index contributed by atoms with van der Waals surface area (Å²) in [6.07, 6.45) is 5.56. The molecule has 1 aliphatic rings. The fourth-order valence-corrected chi connectivity index (χ4v) is 2.15. The van der Waals surface area contributed by atoms with Crippen LogP contribution in [0.25, 0.3) is 10.8 Å². The second kappa shape index (κ2) is 3.43. The van der Waals surface area contributed by atoms with Crippen molar-refractivity contribution in [2.75, 3.05) is 11.4 Å². The maximum absolute atomic E-state index is 2.32. The summed E-state index contributed by atoms with van der Waals surface area (Å²) in [6.45, 7) is 1.11. The second-order valence-corrected chi connectivity index (χ2v) is 3.87. The van der Waals surface area contributed by atoms with Crippen molar-refractivity contribution in [3.8, 4) is 0 Å². The van der Waals surface area contributed by atoms with Gasteiger partial charge in [0.25, 0.3) is 0 Å². The first-order chi connectivity index (χ1) is 7.45. The van der Waals surface area contributed by atoms with Gasteiger partial charge in [-0.15, -0.1) is 0 Å². The molecule has 0 saturated heterocycles. The number of rotatable bonds is 1. The van der Waals surface area contributed by atoms with E-state index in [1.807, 2.05) is 0 Å². The Morgan fingerprint density at radius 3 is 2.67 bits per heavy atom. The molecule has 1 heteroatoms. The standard InChI is InChI=1S/C14H13N/c1-2-8-13-12(6-1)7-5-9-14(13)15-10-3-4-11-15/h1-3,5-10H,4,11H2. The molecule has 2 aromatic rings. The van der Waals surface area contributed by atoms with E-state index in [2.05, 4.69) is 59.6 Å². The van der Waals surface area contributed by atoms with E-state index in [1.54, 1.807) is 0 Å². The molecule has 0 unspecified atom stereocenters.